The van der Waals surface area contributed by atoms with E-state index in [4.69, 9.17) is 4.74 Å². The van der Waals surface area contributed by atoms with Crippen LogP contribution in [0.3, 0.4) is 0 Å². The zero-order valence-corrected chi connectivity index (χ0v) is 12.8. The van der Waals surface area contributed by atoms with Gasteiger partial charge in [-0.3, -0.25) is 4.79 Å². The minimum absolute atomic E-state index is 0.0470. The van der Waals surface area contributed by atoms with Gasteiger partial charge < -0.3 is 15.4 Å². The number of carbonyl (C=O) groups excluding carboxylic acids is 2. The maximum Gasteiger partial charge on any atom is 0.338 e. The Balaban J connectivity index is 2.42. The Bertz CT molecular complexity index is 443. The third kappa shape index (κ3) is 6.90. The van der Waals surface area contributed by atoms with E-state index >= 15 is 0 Å². The van der Waals surface area contributed by atoms with Crippen LogP contribution in [-0.4, -0.2) is 31.6 Å². The molecule has 1 amide bonds. The number of benzene rings is 1. The van der Waals surface area contributed by atoms with Gasteiger partial charge in [-0.2, -0.15) is 0 Å². The summed E-state index contributed by atoms with van der Waals surface area (Å²) in [6.07, 6.45) is 2.28. The molecule has 0 heterocycles. The van der Waals surface area contributed by atoms with Gasteiger partial charge in [-0.1, -0.05) is 20.3 Å². The number of nitrogens with one attached hydrogen (secondary N) is 2. The van der Waals surface area contributed by atoms with Crippen LogP contribution >= 0.6 is 0 Å². The molecule has 0 aliphatic carbocycles. The molecule has 0 fully saturated rings. The molecular weight excluding hydrogens is 268 g/mol. The molecule has 2 N–H and O–H groups in total. The normalized spacial score (nSPS) is 10.2. The van der Waals surface area contributed by atoms with Crippen molar-refractivity contribution >= 4 is 17.6 Å². The van der Waals surface area contributed by atoms with Crippen molar-refractivity contribution in [1.82, 2.24) is 5.32 Å². The predicted octanol–water partition coefficient (Wildman–Crippen LogP) is 2.58. The van der Waals surface area contributed by atoms with E-state index in [0.29, 0.717) is 30.8 Å². The fourth-order valence-corrected chi connectivity index (χ4v) is 1.68. The molecule has 0 saturated heterocycles. The van der Waals surface area contributed by atoms with Gasteiger partial charge in [-0.15, -0.1) is 0 Å². The molecule has 1 aromatic rings. The molecule has 5 heteroatoms. The van der Waals surface area contributed by atoms with Crippen molar-refractivity contribution in [2.24, 2.45) is 0 Å². The average Bonchev–Trinajstić information content (AvgIpc) is 2.48. The Morgan fingerprint density at radius 2 is 1.86 bits per heavy atom. The first-order chi connectivity index (χ1) is 10.2. The SMILES string of the molecule is CCCCOC(=O)c1ccc(NC(=O)CCNCC)cc1. The topological polar surface area (TPSA) is 67.4 Å². The molecule has 5 nitrogen and oxygen atoms in total. The Hall–Kier alpha value is -1.88. The number of amides is 1. The van der Waals surface area contributed by atoms with E-state index < -0.39 is 0 Å². The lowest BCUT2D eigenvalue weighted by Gasteiger charge is -2.07. The van der Waals surface area contributed by atoms with Gasteiger partial charge in [0.1, 0.15) is 0 Å². The summed E-state index contributed by atoms with van der Waals surface area (Å²) in [6, 6.07) is 6.74. The third-order valence-corrected chi connectivity index (χ3v) is 2.91. The summed E-state index contributed by atoms with van der Waals surface area (Å²) in [5.74, 6) is -0.373. The van der Waals surface area contributed by atoms with Crippen molar-refractivity contribution in [3.05, 3.63) is 29.8 Å². The second kappa shape index (κ2) is 9.94. The first-order valence-electron chi connectivity index (χ1n) is 7.45. The van der Waals surface area contributed by atoms with Crippen molar-refractivity contribution in [3.63, 3.8) is 0 Å². The molecule has 0 aromatic heterocycles. The highest BCUT2D eigenvalue weighted by Gasteiger charge is 2.07. The summed E-state index contributed by atoms with van der Waals surface area (Å²) in [6.45, 7) is 5.99. The first kappa shape index (κ1) is 17.2. The molecule has 21 heavy (non-hydrogen) atoms. The number of hydrogen-bond donors (Lipinski definition) is 2. The number of unbranched alkanes of at least 4 members (excludes halogenated alkanes) is 1. The van der Waals surface area contributed by atoms with Crippen molar-refractivity contribution < 1.29 is 14.3 Å². The molecule has 1 rings (SSSR count). The van der Waals surface area contributed by atoms with Gasteiger partial charge in [0, 0.05) is 18.7 Å². The van der Waals surface area contributed by atoms with Gasteiger partial charge >= 0.3 is 5.97 Å². The van der Waals surface area contributed by atoms with Crippen LogP contribution in [0.25, 0.3) is 0 Å². The van der Waals surface area contributed by atoms with Crippen molar-refractivity contribution in [1.29, 1.82) is 0 Å². The van der Waals surface area contributed by atoms with Gasteiger partial charge in [0.15, 0.2) is 0 Å². The van der Waals surface area contributed by atoms with Gasteiger partial charge in [0.2, 0.25) is 5.91 Å². The second-order valence-corrected chi connectivity index (χ2v) is 4.72. The van der Waals surface area contributed by atoms with Crippen LogP contribution in [0.5, 0.6) is 0 Å². The van der Waals surface area contributed by atoms with E-state index in [1.165, 1.54) is 0 Å². The van der Waals surface area contributed by atoms with Gasteiger partial charge in [0.05, 0.1) is 12.2 Å². The Kier molecular flexibility index (Phi) is 8.12. The van der Waals surface area contributed by atoms with Crippen LogP contribution in [0, 0.1) is 0 Å². The van der Waals surface area contributed by atoms with E-state index in [1.54, 1.807) is 24.3 Å². The molecule has 0 bridgehead atoms. The number of rotatable bonds is 9. The lowest BCUT2D eigenvalue weighted by molar-refractivity contribution is -0.116. The zero-order valence-electron chi connectivity index (χ0n) is 12.8. The van der Waals surface area contributed by atoms with Gasteiger partial charge in [-0.25, -0.2) is 4.79 Å². The second-order valence-electron chi connectivity index (χ2n) is 4.72. The minimum atomic E-state index is -0.325. The molecule has 1 aromatic carbocycles. The number of ether oxygens (including phenoxy) is 1. The maximum atomic E-state index is 11.7. The van der Waals surface area contributed by atoms with Gasteiger partial charge in [-0.05, 0) is 37.2 Å². The number of anilines is 1. The molecule has 0 aliphatic heterocycles. The summed E-state index contributed by atoms with van der Waals surface area (Å²) >= 11 is 0. The number of esters is 1. The van der Waals surface area contributed by atoms with E-state index in [1.807, 2.05) is 13.8 Å². The quantitative estimate of drug-likeness (QED) is 0.542. The van der Waals surface area contributed by atoms with Crippen LogP contribution < -0.4 is 10.6 Å². The summed E-state index contributed by atoms with van der Waals surface area (Å²) < 4.78 is 5.12. The summed E-state index contributed by atoms with van der Waals surface area (Å²) in [5, 5.41) is 5.88. The van der Waals surface area contributed by atoms with Crippen LogP contribution in [-0.2, 0) is 9.53 Å². The lowest BCUT2D eigenvalue weighted by atomic mass is 10.2. The Morgan fingerprint density at radius 1 is 1.14 bits per heavy atom. The smallest absolute Gasteiger partial charge is 0.338 e. The highest BCUT2D eigenvalue weighted by atomic mass is 16.5. The van der Waals surface area contributed by atoms with Crippen LogP contribution in [0.4, 0.5) is 5.69 Å². The van der Waals surface area contributed by atoms with Crippen LogP contribution in [0.15, 0.2) is 24.3 Å². The van der Waals surface area contributed by atoms with Crippen LogP contribution in [0.2, 0.25) is 0 Å². The fraction of sp³-hybridized carbons (Fsp3) is 0.500. The van der Waals surface area contributed by atoms with Gasteiger partial charge in [0.25, 0.3) is 0 Å². The van der Waals surface area contributed by atoms with Crippen molar-refractivity contribution in [2.75, 3.05) is 25.0 Å². The van der Waals surface area contributed by atoms with E-state index in [9.17, 15) is 9.59 Å². The minimum Gasteiger partial charge on any atom is -0.462 e. The number of hydrogen-bond acceptors (Lipinski definition) is 4. The standard InChI is InChI=1S/C16H24N2O3/c1-3-5-12-21-16(20)13-6-8-14(9-7-13)18-15(19)10-11-17-4-2/h6-9,17H,3-5,10-12H2,1-2H3,(H,18,19). The predicted molar refractivity (Wildman–Crippen MR) is 83.4 cm³/mol. The molecule has 0 unspecified atom stereocenters. The van der Waals surface area contributed by atoms with E-state index in [-0.39, 0.29) is 11.9 Å². The summed E-state index contributed by atoms with van der Waals surface area (Å²) in [4.78, 5) is 23.3. The number of carbonyl (C=O) groups is 2. The molecule has 0 spiro atoms. The Morgan fingerprint density at radius 3 is 2.48 bits per heavy atom. The molecule has 0 radical (unpaired) electrons. The monoisotopic (exact) mass is 292 g/mol. The first-order valence-corrected chi connectivity index (χ1v) is 7.45. The summed E-state index contributed by atoms with van der Waals surface area (Å²) in [5.41, 5.74) is 1.18. The molecule has 0 atom stereocenters. The lowest BCUT2D eigenvalue weighted by Crippen LogP contribution is -2.21. The van der Waals surface area contributed by atoms with Crippen molar-refractivity contribution in [2.45, 2.75) is 33.1 Å². The third-order valence-electron chi connectivity index (χ3n) is 2.91. The highest BCUT2D eigenvalue weighted by Crippen LogP contribution is 2.11. The Labute approximate surface area is 126 Å². The molecule has 116 valence electrons. The summed E-state index contributed by atoms with van der Waals surface area (Å²) in [7, 11) is 0. The fourth-order valence-electron chi connectivity index (χ4n) is 1.68. The van der Waals surface area contributed by atoms with Crippen LogP contribution in [0.1, 0.15) is 43.5 Å². The average molecular weight is 292 g/mol. The largest absolute Gasteiger partial charge is 0.462 e. The molecule has 0 aliphatic rings. The molecule has 0 saturated carbocycles. The maximum absolute atomic E-state index is 11.7. The van der Waals surface area contributed by atoms with E-state index in [2.05, 4.69) is 10.6 Å². The van der Waals surface area contributed by atoms with Crippen molar-refractivity contribution in [3.8, 4) is 0 Å². The highest BCUT2D eigenvalue weighted by molar-refractivity contribution is 5.93. The van der Waals surface area contributed by atoms with E-state index in [0.717, 1.165) is 19.4 Å². The molecular formula is C16H24N2O3. The zero-order chi connectivity index (χ0) is 15.5.